The zero-order valence-electron chi connectivity index (χ0n) is 14.8. The molecule has 2 rings (SSSR count). The van der Waals surface area contributed by atoms with Crippen LogP contribution < -0.4 is 10.6 Å². The summed E-state index contributed by atoms with van der Waals surface area (Å²) in [7, 11) is 0. The molecule has 0 amide bonds. The van der Waals surface area contributed by atoms with Gasteiger partial charge in [0.15, 0.2) is 5.96 Å². The quantitative estimate of drug-likeness (QED) is 0.369. The van der Waals surface area contributed by atoms with Crippen molar-refractivity contribution in [3.05, 3.63) is 0 Å². The Bertz CT molecular complexity index is 362. The molecule has 0 bridgehead atoms. The Morgan fingerprint density at radius 1 is 1.35 bits per heavy atom. The van der Waals surface area contributed by atoms with Crippen LogP contribution in [-0.2, 0) is 4.74 Å². The highest BCUT2D eigenvalue weighted by Crippen LogP contribution is 2.24. The average molecular weight is 326 g/mol. The van der Waals surface area contributed by atoms with Crippen LogP contribution in [0.15, 0.2) is 4.99 Å². The molecule has 134 valence electrons. The molecular formula is C17H34N4O2. The Morgan fingerprint density at radius 3 is 2.78 bits per heavy atom. The lowest BCUT2D eigenvalue weighted by atomic mass is 10.0. The summed E-state index contributed by atoms with van der Waals surface area (Å²) in [4.78, 5) is 7.12. The van der Waals surface area contributed by atoms with Gasteiger partial charge >= 0.3 is 0 Å². The molecule has 2 heterocycles. The van der Waals surface area contributed by atoms with E-state index < -0.39 is 0 Å². The summed E-state index contributed by atoms with van der Waals surface area (Å²) in [5.41, 5.74) is -0.0863. The maximum absolute atomic E-state index is 9.53. The summed E-state index contributed by atoms with van der Waals surface area (Å²) >= 11 is 0. The van der Waals surface area contributed by atoms with E-state index in [4.69, 9.17) is 4.74 Å². The number of hydrogen-bond donors (Lipinski definition) is 3. The van der Waals surface area contributed by atoms with Crippen molar-refractivity contribution in [1.29, 1.82) is 0 Å². The molecule has 2 fully saturated rings. The Hall–Kier alpha value is -0.850. The monoisotopic (exact) mass is 326 g/mol. The van der Waals surface area contributed by atoms with Gasteiger partial charge in [0.05, 0.1) is 18.2 Å². The first kappa shape index (κ1) is 18.5. The highest BCUT2D eigenvalue weighted by Gasteiger charge is 2.29. The molecule has 6 heteroatoms. The second-order valence-electron chi connectivity index (χ2n) is 6.95. The van der Waals surface area contributed by atoms with Crippen LogP contribution in [0.2, 0.25) is 0 Å². The van der Waals surface area contributed by atoms with E-state index >= 15 is 0 Å². The summed E-state index contributed by atoms with van der Waals surface area (Å²) < 4.78 is 5.79. The average Bonchev–Trinajstić information content (AvgIpc) is 2.98. The summed E-state index contributed by atoms with van der Waals surface area (Å²) in [6.07, 6.45) is 5.06. The van der Waals surface area contributed by atoms with Crippen molar-refractivity contribution in [2.45, 2.75) is 57.7 Å². The Morgan fingerprint density at radius 2 is 2.13 bits per heavy atom. The first-order valence-corrected chi connectivity index (χ1v) is 9.18. The van der Waals surface area contributed by atoms with Gasteiger partial charge in [0.1, 0.15) is 0 Å². The molecule has 2 aliphatic heterocycles. The first-order chi connectivity index (χ1) is 11.1. The number of aliphatic hydroxyl groups is 1. The van der Waals surface area contributed by atoms with Crippen LogP contribution in [0.25, 0.3) is 0 Å². The number of nitrogens with one attached hydrogen (secondary N) is 2. The van der Waals surface area contributed by atoms with Crippen molar-refractivity contribution >= 4 is 5.96 Å². The van der Waals surface area contributed by atoms with Crippen LogP contribution in [0.4, 0.5) is 0 Å². The highest BCUT2D eigenvalue weighted by molar-refractivity contribution is 5.79. The summed E-state index contributed by atoms with van der Waals surface area (Å²) in [5.74, 6) is 0.887. The topological polar surface area (TPSA) is 69.1 Å². The summed E-state index contributed by atoms with van der Waals surface area (Å²) in [5, 5.41) is 16.2. The molecule has 0 aliphatic carbocycles. The minimum atomic E-state index is -0.0870. The molecule has 0 saturated carbocycles. The third-order valence-corrected chi connectivity index (χ3v) is 4.72. The van der Waals surface area contributed by atoms with Gasteiger partial charge < -0.3 is 25.4 Å². The van der Waals surface area contributed by atoms with Crippen molar-refractivity contribution in [2.24, 2.45) is 4.99 Å². The molecule has 1 atom stereocenters. The molecule has 2 saturated heterocycles. The maximum Gasteiger partial charge on any atom is 0.191 e. The van der Waals surface area contributed by atoms with Gasteiger partial charge in [-0.1, -0.05) is 0 Å². The lowest BCUT2D eigenvalue weighted by molar-refractivity contribution is 0.0283. The third-order valence-electron chi connectivity index (χ3n) is 4.72. The number of guanidine groups is 1. The maximum atomic E-state index is 9.53. The second-order valence-corrected chi connectivity index (χ2v) is 6.95. The fraction of sp³-hybridized carbons (Fsp3) is 0.941. The Labute approximate surface area is 140 Å². The molecule has 0 aromatic carbocycles. The van der Waals surface area contributed by atoms with Crippen LogP contribution >= 0.6 is 0 Å². The number of piperidine rings is 1. The van der Waals surface area contributed by atoms with E-state index in [1.165, 1.54) is 0 Å². The van der Waals surface area contributed by atoms with Gasteiger partial charge in [-0.25, -0.2) is 0 Å². The molecule has 0 aromatic rings. The Balaban J connectivity index is 1.65. The van der Waals surface area contributed by atoms with Gasteiger partial charge in [-0.3, -0.25) is 4.99 Å². The van der Waals surface area contributed by atoms with Gasteiger partial charge in [0, 0.05) is 32.8 Å². The van der Waals surface area contributed by atoms with E-state index in [1.807, 2.05) is 0 Å². The van der Waals surface area contributed by atoms with Gasteiger partial charge in [0.2, 0.25) is 0 Å². The third kappa shape index (κ3) is 6.65. The van der Waals surface area contributed by atoms with E-state index in [1.54, 1.807) is 0 Å². The number of hydrogen-bond acceptors (Lipinski definition) is 4. The largest absolute Gasteiger partial charge is 0.393 e. The zero-order chi connectivity index (χ0) is 16.5. The fourth-order valence-electron chi connectivity index (χ4n) is 3.20. The van der Waals surface area contributed by atoms with E-state index in [9.17, 15) is 5.11 Å². The standard InChI is InChI=1S/C17H34N4O2/c1-3-18-16(20-14-17(2)8-4-13-23-17)19-9-5-10-21-11-6-15(22)7-12-21/h15,22H,3-14H2,1-2H3,(H2,18,19,20). The lowest BCUT2D eigenvalue weighted by Crippen LogP contribution is -2.41. The van der Waals surface area contributed by atoms with E-state index in [2.05, 4.69) is 34.4 Å². The van der Waals surface area contributed by atoms with E-state index in [-0.39, 0.29) is 11.7 Å². The van der Waals surface area contributed by atoms with Crippen molar-refractivity contribution in [2.75, 3.05) is 45.9 Å². The van der Waals surface area contributed by atoms with Crippen LogP contribution in [-0.4, -0.2) is 73.5 Å². The van der Waals surface area contributed by atoms with Gasteiger partial charge in [-0.2, -0.15) is 0 Å². The first-order valence-electron chi connectivity index (χ1n) is 9.18. The lowest BCUT2D eigenvalue weighted by Gasteiger charge is -2.29. The van der Waals surface area contributed by atoms with Gasteiger partial charge in [-0.15, -0.1) is 0 Å². The summed E-state index contributed by atoms with van der Waals surface area (Å²) in [6.45, 7) is 10.7. The number of ether oxygens (including phenoxy) is 1. The van der Waals surface area contributed by atoms with Crippen molar-refractivity contribution in [3.8, 4) is 0 Å². The van der Waals surface area contributed by atoms with Gasteiger partial charge in [-0.05, 0) is 52.5 Å². The van der Waals surface area contributed by atoms with Crippen molar-refractivity contribution in [3.63, 3.8) is 0 Å². The normalized spacial score (nSPS) is 27.3. The molecule has 2 aliphatic rings. The molecule has 23 heavy (non-hydrogen) atoms. The molecule has 3 N–H and O–H groups in total. The van der Waals surface area contributed by atoms with Crippen LogP contribution in [0.1, 0.15) is 46.0 Å². The van der Waals surface area contributed by atoms with E-state index in [0.29, 0.717) is 6.54 Å². The molecular weight excluding hydrogens is 292 g/mol. The van der Waals surface area contributed by atoms with Crippen molar-refractivity contribution < 1.29 is 9.84 Å². The van der Waals surface area contributed by atoms with Gasteiger partial charge in [0.25, 0.3) is 0 Å². The van der Waals surface area contributed by atoms with Crippen molar-refractivity contribution in [1.82, 2.24) is 15.5 Å². The zero-order valence-corrected chi connectivity index (χ0v) is 14.8. The minimum absolute atomic E-state index is 0.0863. The van der Waals surface area contributed by atoms with Crippen LogP contribution in [0.5, 0.6) is 0 Å². The number of likely N-dealkylation sites (tertiary alicyclic amines) is 1. The Kier molecular flexibility index (Phi) is 7.59. The summed E-state index contributed by atoms with van der Waals surface area (Å²) in [6, 6.07) is 0. The predicted molar refractivity (Wildman–Crippen MR) is 93.9 cm³/mol. The smallest absolute Gasteiger partial charge is 0.191 e. The van der Waals surface area contributed by atoms with Crippen LogP contribution in [0, 0.1) is 0 Å². The minimum Gasteiger partial charge on any atom is -0.393 e. The van der Waals surface area contributed by atoms with Crippen LogP contribution in [0.3, 0.4) is 0 Å². The number of rotatable bonds is 7. The molecule has 6 nitrogen and oxygen atoms in total. The molecule has 0 spiro atoms. The number of nitrogens with zero attached hydrogens (tertiary/aromatic N) is 2. The number of aliphatic imine (C=N–C) groups is 1. The molecule has 1 unspecified atom stereocenters. The number of aliphatic hydroxyl groups excluding tert-OH is 1. The highest BCUT2D eigenvalue weighted by atomic mass is 16.5. The SMILES string of the molecule is CCNC(=NCC1(C)CCCO1)NCCCN1CCC(O)CC1. The molecule has 0 aromatic heterocycles. The fourth-order valence-corrected chi connectivity index (χ4v) is 3.20. The predicted octanol–water partition coefficient (Wildman–Crippen LogP) is 0.957. The second kappa shape index (κ2) is 9.45. The molecule has 0 radical (unpaired) electrons. The van der Waals surface area contributed by atoms with E-state index in [0.717, 1.165) is 77.4 Å².